The molecule has 0 saturated carbocycles. The minimum absolute atomic E-state index is 0.0786. The van der Waals surface area contributed by atoms with Gasteiger partial charge in [0.25, 0.3) is 0 Å². The number of carbonyl (C=O) groups is 1. The normalized spacial score (nSPS) is 27.8. The van der Waals surface area contributed by atoms with Crippen LogP contribution in [-0.4, -0.2) is 19.1 Å². The minimum atomic E-state index is -0.483. The van der Waals surface area contributed by atoms with Gasteiger partial charge in [-0.05, 0) is 31.9 Å². The van der Waals surface area contributed by atoms with Gasteiger partial charge in [-0.2, -0.15) is 0 Å². The maximum absolute atomic E-state index is 11.8. The van der Waals surface area contributed by atoms with Crippen LogP contribution in [0, 0.1) is 5.41 Å². The van der Waals surface area contributed by atoms with E-state index in [-0.39, 0.29) is 12.0 Å². The highest BCUT2D eigenvalue weighted by Crippen LogP contribution is 2.37. The zero-order valence-electron chi connectivity index (χ0n) is 9.91. The van der Waals surface area contributed by atoms with Crippen LogP contribution in [0.15, 0.2) is 24.3 Å². The van der Waals surface area contributed by atoms with Gasteiger partial charge in [0.2, 0.25) is 0 Å². The molecule has 2 atom stereocenters. The van der Waals surface area contributed by atoms with Crippen LogP contribution < -0.4 is 5.32 Å². The second-order valence-electron chi connectivity index (χ2n) is 4.61. The van der Waals surface area contributed by atoms with E-state index in [1.165, 1.54) is 12.7 Å². The Morgan fingerprint density at radius 3 is 2.88 bits per heavy atom. The predicted octanol–water partition coefficient (Wildman–Crippen LogP) is 2.22. The lowest BCUT2D eigenvalue weighted by atomic mass is 9.74. The first-order chi connectivity index (χ1) is 7.58. The Morgan fingerprint density at radius 2 is 2.19 bits per heavy atom. The van der Waals surface area contributed by atoms with Crippen molar-refractivity contribution in [3.63, 3.8) is 0 Å². The van der Waals surface area contributed by atoms with Crippen LogP contribution in [-0.2, 0) is 16.0 Å². The van der Waals surface area contributed by atoms with Crippen LogP contribution in [0.4, 0.5) is 5.69 Å². The highest BCUT2D eigenvalue weighted by atomic mass is 16.5. The molecule has 0 spiro atoms. The first kappa shape index (κ1) is 11.0. The Bertz CT molecular complexity index is 416. The molecule has 2 rings (SSSR count). The lowest BCUT2D eigenvalue weighted by Crippen LogP contribution is -2.47. The fourth-order valence-corrected chi connectivity index (χ4v) is 2.24. The first-order valence-electron chi connectivity index (χ1n) is 5.51. The van der Waals surface area contributed by atoms with Gasteiger partial charge in [-0.3, -0.25) is 4.79 Å². The van der Waals surface area contributed by atoms with Crippen molar-refractivity contribution in [2.75, 3.05) is 12.4 Å². The molecule has 0 fully saturated rings. The molecule has 3 heteroatoms. The third-order valence-corrected chi connectivity index (χ3v) is 3.55. The molecule has 86 valence electrons. The SMILES string of the molecule is COC(=O)[C@@]1(C)Cc2ccccc2N[C@@H]1C. The molecule has 0 amide bonds. The molecule has 1 N–H and O–H groups in total. The number of esters is 1. The van der Waals surface area contributed by atoms with E-state index in [0.29, 0.717) is 0 Å². The summed E-state index contributed by atoms with van der Waals surface area (Å²) in [6, 6.07) is 8.17. The van der Waals surface area contributed by atoms with Crippen molar-refractivity contribution in [1.29, 1.82) is 0 Å². The molecule has 0 saturated heterocycles. The van der Waals surface area contributed by atoms with Gasteiger partial charge >= 0.3 is 5.97 Å². The molecule has 0 radical (unpaired) electrons. The molecule has 16 heavy (non-hydrogen) atoms. The van der Waals surface area contributed by atoms with Crippen LogP contribution in [0.25, 0.3) is 0 Å². The standard InChI is InChI=1S/C13H17NO2/c1-9-13(2,12(15)16-3)8-10-6-4-5-7-11(10)14-9/h4-7,9,14H,8H2,1-3H3/t9-,13+/m1/s1. The second-order valence-corrected chi connectivity index (χ2v) is 4.61. The van der Waals surface area contributed by atoms with E-state index >= 15 is 0 Å². The first-order valence-corrected chi connectivity index (χ1v) is 5.51. The quantitative estimate of drug-likeness (QED) is 0.736. The van der Waals surface area contributed by atoms with Crippen molar-refractivity contribution >= 4 is 11.7 Å². The van der Waals surface area contributed by atoms with Gasteiger partial charge in [0, 0.05) is 11.7 Å². The van der Waals surface area contributed by atoms with E-state index in [1.54, 1.807) is 0 Å². The summed E-state index contributed by atoms with van der Waals surface area (Å²) in [6.45, 7) is 3.97. The predicted molar refractivity (Wildman–Crippen MR) is 63.4 cm³/mol. The van der Waals surface area contributed by atoms with E-state index in [1.807, 2.05) is 32.0 Å². The van der Waals surface area contributed by atoms with Gasteiger partial charge in [0.05, 0.1) is 12.5 Å². The monoisotopic (exact) mass is 219 g/mol. The number of para-hydroxylation sites is 1. The maximum Gasteiger partial charge on any atom is 0.313 e. The summed E-state index contributed by atoms with van der Waals surface area (Å²) in [6.07, 6.45) is 0.726. The fourth-order valence-electron chi connectivity index (χ4n) is 2.24. The summed E-state index contributed by atoms with van der Waals surface area (Å²) in [7, 11) is 1.45. The average Bonchev–Trinajstić information content (AvgIpc) is 2.29. The zero-order chi connectivity index (χ0) is 11.8. The van der Waals surface area contributed by atoms with Crippen molar-refractivity contribution in [2.24, 2.45) is 5.41 Å². The number of rotatable bonds is 1. The van der Waals surface area contributed by atoms with E-state index in [0.717, 1.165) is 12.1 Å². The number of methoxy groups -OCH3 is 1. The number of carbonyl (C=O) groups excluding carboxylic acids is 1. The van der Waals surface area contributed by atoms with Gasteiger partial charge in [0.1, 0.15) is 0 Å². The van der Waals surface area contributed by atoms with Gasteiger partial charge in [-0.15, -0.1) is 0 Å². The Kier molecular flexibility index (Phi) is 2.62. The number of fused-ring (bicyclic) bond motifs is 1. The summed E-state index contributed by atoms with van der Waals surface area (Å²) in [5.41, 5.74) is 1.81. The van der Waals surface area contributed by atoms with Crippen molar-refractivity contribution in [2.45, 2.75) is 26.3 Å². The van der Waals surface area contributed by atoms with Crippen molar-refractivity contribution in [1.82, 2.24) is 0 Å². The molecule has 0 aliphatic carbocycles. The van der Waals surface area contributed by atoms with Crippen LogP contribution in [0.5, 0.6) is 0 Å². The Morgan fingerprint density at radius 1 is 1.50 bits per heavy atom. The molecule has 1 heterocycles. The molecular formula is C13H17NO2. The number of hydrogen-bond donors (Lipinski definition) is 1. The van der Waals surface area contributed by atoms with Crippen molar-refractivity contribution in [3.05, 3.63) is 29.8 Å². The average molecular weight is 219 g/mol. The number of hydrogen-bond acceptors (Lipinski definition) is 3. The van der Waals surface area contributed by atoms with Crippen LogP contribution >= 0.6 is 0 Å². The molecule has 1 aliphatic heterocycles. The largest absolute Gasteiger partial charge is 0.469 e. The van der Waals surface area contributed by atoms with E-state index in [9.17, 15) is 4.79 Å². The Balaban J connectivity index is 2.37. The molecule has 1 aliphatic rings. The van der Waals surface area contributed by atoms with Crippen LogP contribution in [0.1, 0.15) is 19.4 Å². The fraction of sp³-hybridized carbons (Fsp3) is 0.462. The highest BCUT2D eigenvalue weighted by molar-refractivity contribution is 5.80. The van der Waals surface area contributed by atoms with E-state index in [4.69, 9.17) is 4.74 Å². The second kappa shape index (κ2) is 3.81. The summed E-state index contributed by atoms with van der Waals surface area (Å²) in [5, 5.41) is 3.36. The Hall–Kier alpha value is -1.51. The van der Waals surface area contributed by atoms with Gasteiger partial charge in [-0.1, -0.05) is 18.2 Å². The van der Waals surface area contributed by atoms with Gasteiger partial charge in [-0.25, -0.2) is 0 Å². The summed E-state index contributed by atoms with van der Waals surface area (Å²) < 4.78 is 4.90. The molecule has 3 nitrogen and oxygen atoms in total. The third-order valence-electron chi connectivity index (χ3n) is 3.55. The number of nitrogens with one attached hydrogen (secondary N) is 1. The Labute approximate surface area is 95.8 Å². The van der Waals surface area contributed by atoms with Crippen LogP contribution in [0.3, 0.4) is 0 Å². The van der Waals surface area contributed by atoms with Gasteiger partial charge < -0.3 is 10.1 Å². The van der Waals surface area contributed by atoms with Crippen molar-refractivity contribution < 1.29 is 9.53 Å². The van der Waals surface area contributed by atoms with Gasteiger partial charge in [0.15, 0.2) is 0 Å². The zero-order valence-corrected chi connectivity index (χ0v) is 9.91. The maximum atomic E-state index is 11.8. The lowest BCUT2D eigenvalue weighted by molar-refractivity contribution is -0.152. The smallest absolute Gasteiger partial charge is 0.313 e. The number of anilines is 1. The van der Waals surface area contributed by atoms with E-state index in [2.05, 4.69) is 11.4 Å². The molecule has 1 aromatic carbocycles. The topological polar surface area (TPSA) is 38.3 Å². The molecular weight excluding hydrogens is 202 g/mol. The van der Waals surface area contributed by atoms with E-state index < -0.39 is 5.41 Å². The molecule has 0 bridgehead atoms. The summed E-state index contributed by atoms with van der Waals surface area (Å²) in [4.78, 5) is 11.8. The summed E-state index contributed by atoms with van der Waals surface area (Å²) >= 11 is 0. The summed E-state index contributed by atoms with van der Waals surface area (Å²) in [5.74, 6) is -0.151. The molecule has 1 aromatic rings. The minimum Gasteiger partial charge on any atom is -0.469 e. The highest BCUT2D eigenvalue weighted by Gasteiger charge is 2.43. The molecule has 0 aromatic heterocycles. The lowest BCUT2D eigenvalue weighted by Gasteiger charge is -2.39. The third kappa shape index (κ3) is 1.56. The molecule has 0 unspecified atom stereocenters. The number of benzene rings is 1. The number of ether oxygens (including phenoxy) is 1. The van der Waals surface area contributed by atoms with Crippen LogP contribution in [0.2, 0.25) is 0 Å². The van der Waals surface area contributed by atoms with Crippen molar-refractivity contribution in [3.8, 4) is 0 Å².